The average Bonchev–Trinajstić information content (AvgIpc) is 2.71. The lowest BCUT2D eigenvalue weighted by atomic mass is 10.0. The number of thioether (sulfide) groups is 1. The highest BCUT2D eigenvalue weighted by atomic mass is 32.2. The van der Waals surface area contributed by atoms with Crippen LogP contribution in [0.1, 0.15) is 43.4 Å². The van der Waals surface area contributed by atoms with E-state index in [1.54, 1.807) is 7.11 Å². The fourth-order valence-corrected chi connectivity index (χ4v) is 4.20. The maximum absolute atomic E-state index is 5.08. The summed E-state index contributed by atoms with van der Waals surface area (Å²) >= 11 is 2.03. The second kappa shape index (κ2) is 8.05. The van der Waals surface area contributed by atoms with E-state index in [1.165, 1.54) is 42.7 Å². The summed E-state index contributed by atoms with van der Waals surface area (Å²) < 4.78 is 7.14. The van der Waals surface area contributed by atoms with E-state index in [9.17, 15) is 0 Å². The standard InChI is InChI=1S/C15H27N3OS/c1-12-14(11-16-9-10-19-3)15(18(2)17-12)20-13-7-5-4-6-8-13/h13,16H,4-11H2,1-3H3. The van der Waals surface area contributed by atoms with Gasteiger partial charge in [-0.15, -0.1) is 11.8 Å². The minimum absolute atomic E-state index is 0.754. The Morgan fingerprint density at radius 3 is 2.80 bits per heavy atom. The van der Waals surface area contributed by atoms with E-state index >= 15 is 0 Å². The molecule has 1 N–H and O–H groups in total. The van der Waals surface area contributed by atoms with E-state index < -0.39 is 0 Å². The topological polar surface area (TPSA) is 39.1 Å². The van der Waals surface area contributed by atoms with Gasteiger partial charge in [-0.1, -0.05) is 19.3 Å². The van der Waals surface area contributed by atoms with Gasteiger partial charge in [-0.2, -0.15) is 5.10 Å². The molecular weight excluding hydrogens is 270 g/mol. The van der Waals surface area contributed by atoms with Crippen molar-refractivity contribution in [3.05, 3.63) is 11.3 Å². The van der Waals surface area contributed by atoms with Crippen LogP contribution in [0.3, 0.4) is 0 Å². The lowest BCUT2D eigenvalue weighted by Gasteiger charge is -2.21. The molecule has 0 spiro atoms. The maximum atomic E-state index is 5.08. The Labute approximate surface area is 126 Å². The first-order valence-corrected chi connectivity index (χ1v) is 8.49. The summed E-state index contributed by atoms with van der Waals surface area (Å²) in [5, 5.41) is 10.2. The first-order valence-electron chi connectivity index (χ1n) is 7.61. The van der Waals surface area contributed by atoms with E-state index in [-0.39, 0.29) is 0 Å². The molecule has 0 saturated heterocycles. The molecule has 1 aromatic heterocycles. The van der Waals surface area contributed by atoms with E-state index in [4.69, 9.17) is 4.74 Å². The largest absolute Gasteiger partial charge is 0.383 e. The molecule has 0 aliphatic heterocycles. The molecule has 0 radical (unpaired) electrons. The SMILES string of the molecule is COCCNCc1c(C)nn(C)c1SC1CCCCC1. The summed E-state index contributed by atoms with van der Waals surface area (Å²) in [6, 6.07) is 0. The third kappa shape index (κ3) is 4.24. The van der Waals surface area contributed by atoms with Crippen molar-refractivity contribution in [2.75, 3.05) is 20.3 Å². The normalized spacial score (nSPS) is 16.8. The van der Waals surface area contributed by atoms with Gasteiger partial charge in [-0.25, -0.2) is 0 Å². The minimum atomic E-state index is 0.754. The lowest BCUT2D eigenvalue weighted by Crippen LogP contribution is -2.19. The molecule has 4 nitrogen and oxygen atoms in total. The van der Waals surface area contributed by atoms with Crippen molar-refractivity contribution in [3.63, 3.8) is 0 Å². The lowest BCUT2D eigenvalue weighted by molar-refractivity contribution is 0.199. The Balaban J connectivity index is 1.98. The molecule has 114 valence electrons. The van der Waals surface area contributed by atoms with Gasteiger partial charge in [0, 0.05) is 38.1 Å². The number of nitrogens with one attached hydrogen (secondary N) is 1. The highest BCUT2D eigenvalue weighted by Crippen LogP contribution is 2.35. The van der Waals surface area contributed by atoms with Gasteiger partial charge in [0.05, 0.1) is 17.3 Å². The first kappa shape index (κ1) is 15.9. The Morgan fingerprint density at radius 2 is 2.10 bits per heavy atom. The van der Waals surface area contributed by atoms with Crippen molar-refractivity contribution < 1.29 is 4.74 Å². The third-order valence-electron chi connectivity index (χ3n) is 3.90. The summed E-state index contributed by atoms with van der Waals surface area (Å²) in [7, 11) is 3.80. The van der Waals surface area contributed by atoms with Crippen LogP contribution in [0.25, 0.3) is 0 Å². The Hall–Kier alpha value is -0.520. The first-order chi connectivity index (χ1) is 9.72. The summed E-state index contributed by atoms with van der Waals surface area (Å²) in [4.78, 5) is 0. The number of rotatable bonds is 7. The van der Waals surface area contributed by atoms with Crippen LogP contribution in [0, 0.1) is 6.92 Å². The Bertz CT molecular complexity index is 413. The summed E-state index contributed by atoms with van der Waals surface area (Å²) in [5.74, 6) is 0. The number of hydrogen-bond acceptors (Lipinski definition) is 4. The van der Waals surface area contributed by atoms with Crippen LogP contribution in [0.5, 0.6) is 0 Å². The number of aryl methyl sites for hydroxylation is 2. The van der Waals surface area contributed by atoms with Gasteiger partial charge in [-0.05, 0) is 19.8 Å². The van der Waals surface area contributed by atoms with Crippen molar-refractivity contribution in [3.8, 4) is 0 Å². The van der Waals surface area contributed by atoms with Crippen molar-refractivity contribution in [2.45, 2.75) is 55.8 Å². The van der Waals surface area contributed by atoms with E-state index in [0.717, 1.165) is 30.6 Å². The quantitative estimate of drug-likeness (QED) is 0.786. The Morgan fingerprint density at radius 1 is 1.35 bits per heavy atom. The monoisotopic (exact) mass is 297 g/mol. The fraction of sp³-hybridized carbons (Fsp3) is 0.800. The highest BCUT2D eigenvalue weighted by molar-refractivity contribution is 7.99. The zero-order chi connectivity index (χ0) is 14.4. The second-order valence-electron chi connectivity index (χ2n) is 5.54. The molecule has 0 aromatic carbocycles. The van der Waals surface area contributed by atoms with Crippen molar-refractivity contribution >= 4 is 11.8 Å². The molecule has 1 aliphatic rings. The molecule has 1 fully saturated rings. The molecule has 1 saturated carbocycles. The number of nitrogens with zero attached hydrogens (tertiary/aromatic N) is 2. The predicted octanol–water partition coefficient (Wildman–Crippen LogP) is 2.89. The van der Waals surface area contributed by atoms with Gasteiger partial charge >= 0.3 is 0 Å². The van der Waals surface area contributed by atoms with Gasteiger partial charge in [0.15, 0.2) is 0 Å². The minimum Gasteiger partial charge on any atom is -0.383 e. The van der Waals surface area contributed by atoms with Crippen LogP contribution in [-0.4, -0.2) is 35.3 Å². The summed E-state index contributed by atoms with van der Waals surface area (Å²) in [6.07, 6.45) is 6.88. The third-order valence-corrected chi connectivity index (χ3v) is 5.44. The van der Waals surface area contributed by atoms with Crippen molar-refractivity contribution in [1.29, 1.82) is 0 Å². The molecule has 0 amide bonds. The maximum Gasteiger partial charge on any atom is 0.0987 e. The molecule has 20 heavy (non-hydrogen) atoms. The predicted molar refractivity (Wildman–Crippen MR) is 84.3 cm³/mol. The summed E-state index contributed by atoms with van der Waals surface area (Å²) in [5.41, 5.74) is 2.51. The van der Waals surface area contributed by atoms with Gasteiger partial charge in [0.25, 0.3) is 0 Å². The second-order valence-corrected chi connectivity index (χ2v) is 6.83. The zero-order valence-electron chi connectivity index (χ0n) is 12.9. The molecule has 0 atom stereocenters. The van der Waals surface area contributed by atoms with Crippen LogP contribution < -0.4 is 5.32 Å². The molecule has 5 heteroatoms. The van der Waals surface area contributed by atoms with Crippen LogP contribution in [0.2, 0.25) is 0 Å². The molecule has 0 bridgehead atoms. The molecular formula is C15H27N3OS. The number of ether oxygens (including phenoxy) is 1. The number of hydrogen-bond donors (Lipinski definition) is 1. The van der Waals surface area contributed by atoms with Gasteiger partial charge in [0.1, 0.15) is 0 Å². The van der Waals surface area contributed by atoms with Crippen molar-refractivity contribution in [2.24, 2.45) is 7.05 Å². The average molecular weight is 297 g/mol. The van der Waals surface area contributed by atoms with Gasteiger partial charge in [0.2, 0.25) is 0 Å². The van der Waals surface area contributed by atoms with Crippen LogP contribution in [0.15, 0.2) is 5.03 Å². The van der Waals surface area contributed by atoms with E-state index in [1.807, 2.05) is 11.8 Å². The number of methoxy groups -OCH3 is 1. The Kier molecular flexibility index (Phi) is 6.39. The molecule has 2 rings (SSSR count). The molecule has 0 unspecified atom stereocenters. The zero-order valence-corrected chi connectivity index (χ0v) is 13.8. The van der Waals surface area contributed by atoms with Crippen LogP contribution in [-0.2, 0) is 18.3 Å². The van der Waals surface area contributed by atoms with Gasteiger partial charge in [-0.3, -0.25) is 4.68 Å². The fourth-order valence-electron chi connectivity index (χ4n) is 2.76. The highest BCUT2D eigenvalue weighted by Gasteiger charge is 2.20. The van der Waals surface area contributed by atoms with E-state index in [2.05, 4.69) is 29.1 Å². The van der Waals surface area contributed by atoms with Gasteiger partial charge < -0.3 is 10.1 Å². The number of aromatic nitrogens is 2. The molecule has 1 heterocycles. The van der Waals surface area contributed by atoms with E-state index in [0.29, 0.717) is 0 Å². The molecule has 1 aliphatic carbocycles. The smallest absolute Gasteiger partial charge is 0.0987 e. The molecule has 1 aromatic rings. The van der Waals surface area contributed by atoms with Crippen LogP contribution in [0.4, 0.5) is 0 Å². The van der Waals surface area contributed by atoms with Crippen LogP contribution >= 0.6 is 11.8 Å². The summed E-state index contributed by atoms with van der Waals surface area (Å²) in [6.45, 7) is 4.64. The van der Waals surface area contributed by atoms with Crippen molar-refractivity contribution in [1.82, 2.24) is 15.1 Å².